The Morgan fingerprint density at radius 3 is 2.63 bits per heavy atom. The number of hydrogen-bond acceptors (Lipinski definition) is 4. The number of rotatable bonds is 5. The molecule has 1 aliphatic rings. The van der Waals surface area contributed by atoms with Crippen molar-refractivity contribution in [2.45, 2.75) is 32.4 Å². The highest BCUT2D eigenvalue weighted by atomic mass is 19.1. The molecule has 5 nitrogen and oxygen atoms in total. The van der Waals surface area contributed by atoms with Crippen molar-refractivity contribution in [3.63, 3.8) is 0 Å². The maximum atomic E-state index is 13.7. The van der Waals surface area contributed by atoms with E-state index in [1.165, 1.54) is 24.8 Å². The lowest BCUT2D eigenvalue weighted by Crippen LogP contribution is -2.42. The van der Waals surface area contributed by atoms with Gasteiger partial charge in [-0.2, -0.15) is 0 Å². The summed E-state index contributed by atoms with van der Waals surface area (Å²) in [5.74, 6) is -1.23. The SMILES string of the molecule is COc1ccc(CC(=O)O[C@@H](C)C(=O)N2CCc3ccccc3C2)cc1F. The lowest BCUT2D eigenvalue weighted by Gasteiger charge is -2.30. The minimum Gasteiger partial charge on any atom is -0.494 e. The van der Waals surface area contributed by atoms with Gasteiger partial charge in [0.15, 0.2) is 17.7 Å². The summed E-state index contributed by atoms with van der Waals surface area (Å²) in [6.45, 7) is 2.68. The highest BCUT2D eigenvalue weighted by Gasteiger charge is 2.27. The maximum Gasteiger partial charge on any atom is 0.311 e. The second kappa shape index (κ2) is 8.20. The second-order valence-electron chi connectivity index (χ2n) is 6.56. The van der Waals surface area contributed by atoms with Crippen LogP contribution in [0.4, 0.5) is 4.39 Å². The molecule has 3 rings (SSSR count). The molecule has 1 amide bonds. The van der Waals surface area contributed by atoms with Crippen molar-refractivity contribution in [1.29, 1.82) is 0 Å². The van der Waals surface area contributed by atoms with Crippen molar-refractivity contribution in [3.05, 3.63) is 65.0 Å². The molecule has 0 saturated heterocycles. The first-order valence-corrected chi connectivity index (χ1v) is 8.85. The molecule has 0 saturated carbocycles. The molecule has 0 unspecified atom stereocenters. The van der Waals surface area contributed by atoms with Gasteiger partial charge in [-0.25, -0.2) is 4.39 Å². The fourth-order valence-corrected chi connectivity index (χ4v) is 3.22. The fourth-order valence-electron chi connectivity index (χ4n) is 3.22. The number of fused-ring (bicyclic) bond motifs is 1. The molecule has 0 aromatic heterocycles. The molecule has 0 spiro atoms. The molecular weight excluding hydrogens is 349 g/mol. The van der Waals surface area contributed by atoms with Crippen molar-refractivity contribution in [1.82, 2.24) is 4.90 Å². The van der Waals surface area contributed by atoms with Crippen LogP contribution in [0.1, 0.15) is 23.6 Å². The molecule has 0 N–H and O–H groups in total. The van der Waals surface area contributed by atoms with Crippen LogP contribution in [0.15, 0.2) is 42.5 Å². The van der Waals surface area contributed by atoms with Gasteiger partial charge in [-0.05, 0) is 42.2 Å². The highest BCUT2D eigenvalue weighted by Crippen LogP contribution is 2.20. The van der Waals surface area contributed by atoms with Crippen LogP contribution in [-0.4, -0.2) is 36.5 Å². The zero-order chi connectivity index (χ0) is 19.4. The van der Waals surface area contributed by atoms with Crippen molar-refractivity contribution < 1.29 is 23.5 Å². The van der Waals surface area contributed by atoms with Crippen molar-refractivity contribution in [2.24, 2.45) is 0 Å². The quantitative estimate of drug-likeness (QED) is 0.759. The Kier molecular flexibility index (Phi) is 5.74. The molecule has 0 radical (unpaired) electrons. The molecule has 0 fully saturated rings. The van der Waals surface area contributed by atoms with Crippen LogP contribution in [0.3, 0.4) is 0 Å². The number of hydrogen-bond donors (Lipinski definition) is 0. The Morgan fingerprint density at radius 2 is 1.93 bits per heavy atom. The number of methoxy groups -OCH3 is 1. The Labute approximate surface area is 157 Å². The molecule has 27 heavy (non-hydrogen) atoms. The molecule has 0 bridgehead atoms. The van der Waals surface area contributed by atoms with E-state index in [0.717, 1.165) is 12.0 Å². The lowest BCUT2D eigenvalue weighted by molar-refractivity contribution is -0.159. The van der Waals surface area contributed by atoms with Crippen LogP contribution in [0, 0.1) is 5.82 Å². The van der Waals surface area contributed by atoms with Gasteiger partial charge in [-0.1, -0.05) is 30.3 Å². The predicted octanol–water partition coefficient (Wildman–Crippen LogP) is 2.89. The van der Waals surface area contributed by atoms with Crippen LogP contribution in [0.2, 0.25) is 0 Å². The van der Waals surface area contributed by atoms with Crippen LogP contribution in [0.5, 0.6) is 5.75 Å². The average Bonchev–Trinajstić information content (AvgIpc) is 2.67. The molecule has 6 heteroatoms. The van der Waals surface area contributed by atoms with Gasteiger partial charge in [-0.15, -0.1) is 0 Å². The summed E-state index contributed by atoms with van der Waals surface area (Å²) in [5.41, 5.74) is 2.82. The van der Waals surface area contributed by atoms with Crippen molar-refractivity contribution in [3.8, 4) is 5.75 Å². The van der Waals surface area contributed by atoms with E-state index in [4.69, 9.17) is 9.47 Å². The van der Waals surface area contributed by atoms with Crippen LogP contribution in [0.25, 0.3) is 0 Å². The minimum absolute atomic E-state index is 0.110. The molecule has 142 valence electrons. The van der Waals surface area contributed by atoms with E-state index in [-0.39, 0.29) is 18.1 Å². The van der Waals surface area contributed by atoms with E-state index in [9.17, 15) is 14.0 Å². The zero-order valence-electron chi connectivity index (χ0n) is 15.4. The number of carbonyl (C=O) groups excluding carboxylic acids is 2. The van der Waals surface area contributed by atoms with Crippen molar-refractivity contribution in [2.75, 3.05) is 13.7 Å². The number of benzene rings is 2. The summed E-state index contributed by atoms with van der Waals surface area (Å²) in [6, 6.07) is 12.3. The summed E-state index contributed by atoms with van der Waals surface area (Å²) in [4.78, 5) is 26.4. The van der Waals surface area contributed by atoms with Gasteiger partial charge < -0.3 is 14.4 Å². The first-order valence-electron chi connectivity index (χ1n) is 8.85. The standard InChI is InChI=1S/C21H22FNO4/c1-14(21(25)23-10-9-16-5-3-4-6-17(16)13-23)27-20(24)12-15-7-8-19(26-2)18(22)11-15/h3-8,11,14H,9-10,12-13H2,1-2H3/t14-/m0/s1. The zero-order valence-corrected chi connectivity index (χ0v) is 15.4. The smallest absolute Gasteiger partial charge is 0.311 e. The number of ether oxygens (including phenoxy) is 2. The van der Waals surface area contributed by atoms with Gasteiger partial charge in [0.25, 0.3) is 5.91 Å². The number of esters is 1. The van der Waals surface area contributed by atoms with E-state index in [1.54, 1.807) is 17.9 Å². The molecule has 0 aliphatic carbocycles. The molecule has 1 atom stereocenters. The summed E-state index contributed by atoms with van der Waals surface area (Å²) in [5, 5.41) is 0. The van der Waals surface area contributed by atoms with E-state index in [2.05, 4.69) is 6.07 Å². The first-order chi connectivity index (χ1) is 13.0. The lowest BCUT2D eigenvalue weighted by atomic mass is 9.99. The van der Waals surface area contributed by atoms with E-state index < -0.39 is 17.9 Å². The molecule has 2 aromatic carbocycles. The van der Waals surface area contributed by atoms with E-state index in [1.807, 2.05) is 18.2 Å². The van der Waals surface area contributed by atoms with Gasteiger partial charge >= 0.3 is 5.97 Å². The van der Waals surface area contributed by atoms with Crippen LogP contribution in [-0.2, 0) is 33.7 Å². The third-order valence-corrected chi connectivity index (χ3v) is 4.66. The predicted molar refractivity (Wildman–Crippen MR) is 97.8 cm³/mol. The minimum atomic E-state index is -0.883. The van der Waals surface area contributed by atoms with Gasteiger partial charge in [0.1, 0.15) is 0 Å². The van der Waals surface area contributed by atoms with Gasteiger partial charge in [0, 0.05) is 13.1 Å². The molecular formula is C21H22FNO4. The third-order valence-electron chi connectivity index (χ3n) is 4.66. The topological polar surface area (TPSA) is 55.8 Å². The summed E-state index contributed by atoms with van der Waals surface area (Å²) < 4.78 is 23.8. The molecule has 2 aromatic rings. The van der Waals surface area contributed by atoms with Gasteiger partial charge in [0.2, 0.25) is 0 Å². The number of amides is 1. The number of nitrogens with zero attached hydrogens (tertiary/aromatic N) is 1. The van der Waals surface area contributed by atoms with E-state index in [0.29, 0.717) is 18.7 Å². The Balaban J connectivity index is 1.56. The second-order valence-corrected chi connectivity index (χ2v) is 6.56. The Hall–Kier alpha value is -2.89. The molecule has 1 aliphatic heterocycles. The highest BCUT2D eigenvalue weighted by molar-refractivity contribution is 5.84. The Morgan fingerprint density at radius 1 is 1.19 bits per heavy atom. The number of carbonyl (C=O) groups is 2. The normalized spacial score (nSPS) is 14.3. The van der Waals surface area contributed by atoms with Gasteiger partial charge in [-0.3, -0.25) is 9.59 Å². The summed E-state index contributed by atoms with van der Waals surface area (Å²) >= 11 is 0. The molecule has 1 heterocycles. The average molecular weight is 371 g/mol. The van der Waals surface area contributed by atoms with Crippen molar-refractivity contribution >= 4 is 11.9 Å². The third kappa shape index (κ3) is 4.45. The van der Waals surface area contributed by atoms with Gasteiger partial charge in [0.05, 0.1) is 13.5 Å². The monoisotopic (exact) mass is 371 g/mol. The largest absolute Gasteiger partial charge is 0.494 e. The first kappa shape index (κ1) is 18.9. The summed E-state index contributed by atoms with van der Waals surface area (Å²) in [7, 11) is 1.37. The van der Waals surface area contributed by atoms with Crippen LogP contribution < -0.4 is 4.74 Å². The fraction of sp³-hybridized carbons (Fsp3) is 0.333. The number of halogens is 1. The van der Waals surface area contributed by atoms with Crippen LogP contribution >= 0.6 is 0 Å². The Bertz CT molecular complexity index is 852. The van der Waals surface area contributed by atoms with E-state index >= 15 is 0 Å². The maximum absolute atomic E-state index is 13.7. The summed E-state index contributed by atoms with van der Waals surface area (Å²) in [6.07, 6.45) is -0.208.